The number of nitriles is 1. The third kappa shape index (κ3) is 3.01. The second-order valence-electron chi connectivity index (χ2n) is 3.25. The first-order valence-corrected chi connectivity index (χ1v) is 4.86. The van der Waals surface area contributed by atoms with E-state index in [1.807, 2.05) is 19.1 Å². The van der Waals surface area contributed by atoms with E-state index in [0.29, 0.717) is 5.56 Å². The fourth-order valence-corrected chi connectivity index (χ4v) is 1.44. The topological polar surface area (TPSA) is 72.6 Å². The van der Waals surface area contributed by atoms with E-state index in [1.165, 1.54) is 0 Å². The lowest BCUT2D eigenvalue weighted by atomic mass is 10.0. The molecule has 0 radical (unpaired) electrons. The smallest absolute Gasteiger partial charge is 0.0991 e. The Morgan fingerprint density at radius 1 is 1.60 bits per heavy atom. The summed E-state index contributed by atoms with van der Waals surface area (Å²) in [5, 5.41) is 12.5. The maximum Gasteiger partial charge on any atom is 0.0991 e. The van der Waals surface area contributed by atoms with Crippen molar-refractivity contribution in [3.8, 4) is 6.07 Å². The molecule has 0 spiro atoms. The second-order valence-corrected chi connectivity index (χ2v) is 3.25. The van der Waals surface area contributed by atoms with E-state index in [-0.39, 0.29) is 6.04 Å². The van der Waals surface area contributed by atoms with Crippen molar-refractivity contribution in [3.63, 3.8) is 0 Å². The lowest BCUT2D eigenvalue weighted by molar-refractivity contribution is 0.634. The molecule has 4 heteroatoms. The van der Waals surface area contributed by atoms with Crippen molar-refractivity contribution >= 4 is 0 Å². The molecule has 0 bridgehead atoms. The summed E-state index contributed by atoms with van der Waals surface area (Å²) in [5.74, 6) is 0. The fraction of sp³-hybridized carbons (Fsp3) is 0.364. The number of hydrogen-bond acceptors (Lipinski definition) is 2. The van der Waals surface area contributed by atoms with Gasteiger partial charge in [0.25, 0.3) is 0 Å². The average molecular weight is 200 g/mol. The van der Waals surface area contributed by atoms with Gasteiger partial charge in [0.05, 0.1) is 17.7 Å². The molecule has 0 aliphatic rings. The monoisotopic (exact) mass is 200 g/mol. The Labute approximate surface area is 88.8 Å². The van der Waals surface area contributed by atoms with Crippen molar-refractivity contribution < 1.29 is 0 Å². The molecule has 0 saturated heterocycles. The van der Waals surface area contributed by atoms with Gasteiger partial charge in [-0.25, -0.2) is 0 Å². The molecule has 0 aliphatic carbocycles. The van der Waals surface area contributed by atoms with Gasteiger partial charge in [0.1, 0.15) is 0 Å². The molecule has 0 heterocycles. The Kier molecular flexibility index (Phi) is 4.21. The highest BCUT2D eigenvalue weighted by molar-refractivity contribution is 5.34. The van der Waals surface area contributed by atoms with Crippen molar-refractivity contribution in [1.82, 2.24) is 0 Å². The van der Waals surface area contributed by atoms with Gasteiger partial charge in [-0.15, -0.1) is 0 Å². The number of hydrogen-bond donors (Lipinski definition) is 0. The Morgan fingerprint density at radius 3 is 3.00 bits per heavy atom. The first-order valence-electron chi connectivity index (χ1n) is 4.86. The van der Waals surface area contributed by atoms with Crippen LogP contribution in [-0.4, -0.2) is 0 Å². The predicted octanol–water partition coefficient (Wildman–Crippen LogP) is 3.71. The Bertz CT molecular complexity index is 413. The molecule has 4 nitrogen and oxygen atoms in total. The van der Waals surface area contributed by atoms with Crippen LogP contribution >= 0.6 is 0 Å². The fourth-order valence-electron chi connectivity index (χ4n) is 1.44. The maximum absolute atomic E-state index is 8.75. The van der Waals surface area contributed by atoms with Gasteiger partial charge >= 0.3 is 0 Å². The van der Waals surface area contributed by atoms with E-state index >= 15 is 0 Å². The number of benzene rings is 1. The third-order valence-electron chi connectivity index (χ3n) is 2.15. The lowest BCUT2D eigenvalue weighted by Crippen LogP contribution is -1.94. The van der Waals surface area contributed by atoms with Gasteiger partial charge in [0.15, 0.2) is 0 Å². The summed E-state index contributed by atoms with van der Waals surface area (Å²) in [5.41, 5.74) is 9.95. The number of nitrogens with zero attached hydrogens (tertiary/aromatic N) is 4. The highest BCUT2D eigenvalue weighted by Crippen LogP contribution is 2.23. The van der Waals surface area contributed by atoms with Crippen LogP contribution in [-0.2, 0) is 0 Å². The van der Waals surface area contributed by atoms with Crippen LogP contribution in [0.4, 0.5) is 0 Å². The van der Waals surface area contributed by atoms with E-state index in [4.69, 9.17) is 10.8 Å². The van der Waals surface area contributed by atoms with Crippen LogP contribution in [0.5, 0.6) is 0 Å². The van der Waals surface area contributed by atoms with E-state index in [0.717, 1.165) is 18.4 Å². The number of azide groups is 1. The van der Waals surface area contributed by atoms with E-state index in [1.54, 1.807) is 12.1 Å². The van der Waals surface area contributed by atoms with Crippen LogP contribution in [0.25, 0.3) is 10.4 Å². The van der Waals surface area contributed by atoms with Crippen molar-refractivity contribution in [3.05, 3.63) is 45.8 Å². The zero-order valence-corrected chi connectivity index (χ0v) is 8.59. The molecule has 0 amide bonds. The molecule has 0 aromatic heterocycles. The molecule has 0 N–H and O–H groups in total. The minimum absolute atomic E-state index is 0.159. The molecule has 1 rings (SSSR count). The van der Waals surface area contributed by atoms with Crippen molar-refractivity contribution in [2.45, 2.75) is 25.8 Å². The molecule has 0 saturated carbocycles. The highest BCUT2D eigenvalue weighted by Gasteiger charge is 2.08. The molecule has 76 valence electrons. The molecule has 15 heavy (non-hydrogen) atoms. The maximum atomic E-state index is 8.75. The van der Waals surface area contributed by atoms with Crippen LogP contribution in [0.15, 0.2) is 29.4 Å². The molecule has 0 aliphatic heterocycles. The van der Waals surface area contributed by atoms with Crippen LogP contribution in [0.2, 0.25) is 0 Å². The summed E-state index contributed by atoms with van der Waals surface area (Å²) in [6, 6.07) is 9.12. The highest BCUT2D eigenvalue weighted by atomic mass is 15.1. The summed E-state index contributed by atoms with van der Waals surface area (Å²) in [6.45, 7) is 2.04. The zero-order chi connectivity index (χ0) is 11.1. The minimum atomic E-state index is -0.159. The summed E-state index contributed by atoms with van der Waals surface area (Å²) in [7, 11) is 0. The van der Waals surface area contributed by atoms with Crippen LogP contribution < -0.4 is 0 Å². The van der Waals surface area contributed by atoms with Crippen molar-refractivity contribution in [2.75, 3.05) is 0 Å². The van der Waals surface area contributed by atoms with E-state index in [2.05, 4.69) is 16.1 Å². The Hall–Kier alpha value is -1.98. The van der Waals surface area contributed by atoms with Gasteiger partial charge in [0.2, 0.25) is 0 Å². The normalized spacial score (nSPS) is 11.2. The summed E-state index contributed by atoms with van der Waals surface area (Å²) < 4.78 is 0. The molecular formula is C11H12N4. The zero-order valence-electron chi connectivity index (χ0n) is 8.59. The minimum Gasteiger partial charge on any atom is -0.192 e. The van der Waals surface area contributed by atoms with Crippen molar-refractivity contribution in [2.24, 2.45) is 5.11 Å². The summed E-state index contributed by atoms with van der Waals surface area (Å²) >= 11 is 0. The van der Waals surface area contributed by atoms with Gasteiger partial charge in [-0.05, 0) is 29.6 Å². The van der Waals surface area contributed by atoms with Gasteiger partial charge in [-0.1, -0.05) is 30.6 Å². The Morgan fingerprint density at radius 2 is 2.40 bits per heavy atom. The van der Waals surface area contributed by atoms with Gasteiger partial charge in [-0.3, -0.25) is 0 Å². The number of rotatable bonds is 4. The molecule has 1 atom stereocenters. The van der Waals surface area contributed by atoms with Crippen LogP contribution in [0.3, 0.4) is 0 Å². The average Bonchev–Trinajstić information content (AvgIpc) is 2.29. The lowest BCUT2D eigenvalue weighted by Gasteiger charge is -2.09. The van der Waals surface area contributed by atoms with Crippen molar-refractivity contribution in [1.29, 1.82) is 5.26 Å². The summed E-state index contributed by atoms with van der Waals surface area (Å²) in [4.78, 5) is 2.83. The largest absolute Gasteiger partial charge is 0.192 e. The molecule has 1 unspecified atom stereocenters. The van der Waals surface area contributed by atoms with Gasteiger partial charge in [0, 0.05) is 4.91 Å². The molecule has 1 aromatic rings. The van der Waals surface area contributed by atoms with Crippen LogP contribution in [0.1, 0.15) is 36.9 Å². The third-order valence-corrected chi connectivity index (χ3v) is 2.15. The van der Waals surface area contributed by atoms with Gasteiger partial charge < -0.3 is 0 Å². The van der Waals surface area contributed by atoms with Gasteiger partial charge in [-0.2, -0.15) is 5.26 Å². The Balaban J connectivity index is 3.00. The standard InChI is InChI=1S/C11H12N4/c1-2-4-11(14-15-13)10-6-3-5-9(7-10)8-12/h3,5-7,11H,2,4H2,1H3. The molecular weight excluding hydrogens is 188 g/mol. The molecule has 1 aromatic carbocycles. The first kappa shape index (κ1) is 11.1. The van der Waals surface area contributed by atoms with E-state index in [9.17, 15) is 0 Å². The van der Waals surface area contributed by atoms with E-state index < -0.39 is 0 Å². The SMILES string of the molecule is CCCC(N=[N+]=[N-])c1cccc(C#N)c1. The second kappa shape index (κ2) is 5.69. The van der Waals surface area contributed by atoms with Crippen LogP contribution in [0, 0.1) is 11.3 Å². The first-order chi connectivity index (χ1) is 7.31. The predicted molar refractivity (Wildman–Crippen MR) is 58.0 cm³/mol. The quantitative estimate of drug-likeness (QED) is 0.414. The summed E-state index contributed by atoms with van der Waals surface area (Å²) in [6.07, 6.45) is 1.75. The molecule has 0 fully saturated rings.